The minimum Gasteiger partial charge on any atom is -0.382 e. The smallest absolute Gasteiger partial charge is 0.122 e. The fourth-order valence-corrected chi connectivity index (χ4v) is 1.96. The van der Waals surface area contributed by atoms with Gasteiger partial charge in [-0.05, 0) is 12.1 Å². The van der Waals surface area contributed by atoms with Gasteiger partial charge in [-0.25, -0.2) is 0 Å². The molecule has 0 bridgehead atoms. The standard InChI is InChI=1S/C17H26ClNO5/c18-16-4-1-2-5-17(16)19-6-9-22-11-13-24-15-14-23-12-10-21-8-3-7-20/h1-2,4-5,7,19H,3,6,8-15H2. The van der Waals surface area contributed by atoms with Crippen molar-refractivity contribution < 1.29 is 23.7 Å². The number of nitrogens with one attached hydrogen (secondary N) is 1. The Morgan fingerprint density at radius 2 is 1.38 bits per heavy atom. The number of hydrogen-bond acceptors (Lipinski definition) is 6. The van der Waals surface area contributed by atoms with Gasteiger partial charge >= 0.3 is 0 Å². The second-order valence-corrected chi connectivity index (χ2v) is 5.22. The van der Waals surface area contributed by atoms with E-state index in [1.54, 1.807) is 0 Å². The van der Waals surface area contributed by atoms with Crippen molar-refractivity contribution in [3.05, 3.63) is 29.3 Å². The molecule has 0 spiro atoms. The number of benzene rings is 1. The van der Waals surface area contributed by atoms with E-state index in [2.05, 4.69) is 5.32 Å². The van der Waals surface area contributed by atoms with Crippen molar-refractivity contribution in [1.82, 2.24) is 0 Å². The van der Waals surface area contributed by atoms with Crippen LogP contribution in [-0.2, 0) is 23.7 Å². The minimum atomic E-state index is 0.428. The summed E-state index contributed by atoms with van der Waals surface area (Å²) in [5, 5.41) is 3.91. The van der Waals surface area contributed by atoms with Gasteiger partial charge in [-0.2, -0.15) is 0 Å². The largest absolute Gasteiger partial charge is 0.382 e. The Morgan fingerprint density at radius 3 is 1.96 bits per heavy atom. The zero-order chi connectivity index (χ0) is 17.3. The van der Waals surface area contributed by atoms with Crippen LogP contribution in [0.2, 0.25) is 5.02 Å². The van der Waals surface area contributed by atoms with Crippen LogP contribution in [0.4, 0.5) is 5.69 Å². The highest BCUT2D eigenvalue weighted by Gasteiger charge is 1.97. The van der Waals surface area contributed by atoms with Gasteiger partial charge in [0, 0.05) is 13.0 Å². The van der Waals surface area contributed by atoms with Gasteiger partial charge in [0.05, 0.1) is 63.6 Å². The van der Waals surface area contributed by atoms with Gasteiger partial charge in [0.15, 0.2) is 0 Å². The quantitative estimate of drug-likeness (QED) is 0.361. The van der Waals surface area contributed by atoms with Crippen LogP contribution in [0.15, 0.2) is 24.3 Å². The van der Waals surface area contributed by atoms with Gasteiger partial charge in [-0.3, -0.25) is 0 Å². The van der Waals surface area contributed by atoms with Gasteiger partial charge in [0.25, 0.3) is 0 Å². The summed E-state index contributed by atoms with van der Waals surface area (Å²) in [4.78, 5) is 10.1. The predicted molar refractivity (Wildman–Crippen MR) is 93.9 cm³/mol. The van der Waals surface area contributed by atoms with Crippen molar-refractivity contribution in [3.63, 3.8) is 0 Å². The van der Waals surface area contributed by atoms with Crippen LogP contribution in [0.1, 0.15) is 6.42 Å². The first-order chi connectivity index (χ1) is 11.8. The second kappa shape index (κ2) is 15.4. The zero-order valence-corrected chi connectivity index (χ0v) is 14.6. The van der Waals surface area contributed by atoms with Gasteiger partial charge in [0.1, 0.15) is 6.29 Å². The Hall–Kier alpha value is -1.18. The zero-order valence-electron chi connectivity index (χ0n) is 13.9. The van der Waals surface area contributed by atoms with Crippen molar-refractivity contribution in [2.75, 3.05) is 64.7 Å². The van der Waals surface area contributed by atoms with Crippen LogP contribution in [0.5, 0.6) is 0 Å². The molecule has 0 unspecified atom stereocenters. The number of ether oxygens (including phenoxy) is 4. The summed E-state index contributed by atoms with van der Waals surface area (Å²) in [6.07, 6.45) is 1.26. The van der Waals surface area contributed by atoms with E-state index >= 15 is 0 Å². The Labute approximate surface area is 148 Å². The summed E-state index contributed by atoms with van der Waals surface area (Å²) >= 11 is 6.03. The molecule has 1 aromatic rings. The van der Waals surface area contributed by atoms with E-state index < -0.39 is 0 Å². The summed E-state index contributed by atoms with van der Waals surface area (Å²) in [6, 6.07) is 7.60. The summed E-state index contributed by atoms with van der Waals surface area (Å²) in [6.45, 7) is 4.85. The second-order valence-electron chi connectivity index (χ2n) is 4.81. The molecule has 0 aliphatic rings. The molecule has 0 radical (unpaired) electrons. The minimum absolute atomic E-state index is 0.428. The molecule has 0 aliphatic carbocycles. The van der Waals surface area contributed by atoms with E-state index in [1.165, 1.54) is 0 Å². The number of halogens is 1. The maximum atomic E-state index is 10.1. The SMILES string of the molecule is O=CCCOCCOCCOCCOCCNc1ccccc1Cl. The molecule has 0 aromatic heterocycles. The van der Waals surface area contributed by atoms with E-state index in [9.17, 15) is 4.79 Å². The lowest BCUT2D eigenvalue weighted by Gasteiger charge is -2.09. The molecular formula is C17H26ClNO5. The summed E-state index contributed by atoms with van der Waals surface area (Å²) < 4.78 is 21.3. The molecular weight excluding hydrogens is 334 g/mol. The van der Waals surface area contributed by atoms with Crippen molar-refractivity contribution in [3.8, 4) is 0 Å². The first kappa shape index (κ1) is 20.9. The van der Waals surface area contributed by atoms with Gasteiger partial charge in [0.2, 0.25) is 0 Å². The average molecular weight is 360 g/mol. The number of carbonyl (C=O) groups is 1. The van der Waals surface area contributed by atoms with Crippen molar-refractivity contribution >= 4 is 23.6 Å². The lowest BCUT2D eigenvalue weighted by Crippen LogP contribution is -2.14. The van der Waals surface area contributed by atoms with Crippen molar-refractivity contribution in [1.29, 1.82) is 0 Å². The molecule has 0 heterocycles. The number of anilines is 1. The van der Waals surface area contributed by atoms with Crippen LogP contribution < -0.4 is 5.32 Å². The maximum Gasteiger partial charge on any atom is 0.122 e. The molecule has 0 fully saturated rings. The molecule has 0 saturated heterocycles. The number of carbonyl (C=O) groups excluding carboxylic acids is 1. The lowest BCUT2D eigenvalue weighted by atomic mass is 10.3. The van der Waals surface area contributed by atoms with Crippen LogP contribution in [-0.4, -0.2) is 65.7 Å². The molecule has 24 heavy (non-hydrogen) atoms. The summed E-state index contributed by atoms with van der Waals surface area (Å²) in [7, 11) is 0. The van der Waals surface area contributed by atoms with Gasteiger partial charge in [-0.15, -0.1) is 0 Å². The summed E-state index contributed by atoms with van der Waals surface area (Å²) in [5.41, 5.74) is 0.909. The van der Waals surface area contributed by atoms with Crippen LogP contribution in [0.3, 0.4) is 0 Å². The van der Waals surface area contributed by atoms with Crippen molar-refractivity contribution in [2.24, 2.45) is 0 Å². The number of rotatable bonds is 16. The molecule has 0 saturated carbocycles. The fraction of sp³-hybridized carbons (Fsp3) is 0.588. The Bertz CT molecular complexity index is 433. The topological polar surface area (TPSA) is 66.0 Å². The Balaban J connectivity index is 1.78. The highest BCUT2D eigenvalue weighted by molar-refractivity contribution is 6.33. The highest BCUT2D eigenvalue weighted by atomic mass is 35.5. The van der Waals surface area contributed by atoms with Crippen molar-refractivity contribution in [2.45, 2.75) is 6.42 Å². The number of aldehydes is 1. The first-order valence-electron chi connectivity index (χ1n) is 8.07. The Morgan fingerprint density at radius 1 is 0.833 bits per heavy atom. The molecule has 0 amide bonds. The normalized spacial score (nSPS) is 10.7. The van der Waals surface area contributed by atoms with E-state index in [0.717, 1.165) is 12.0 Å². The predicted octanol–water partition coefficient (Wildman–Crippen LogP) is 2.41. The molecule has 6 nitrogen and oxygen atoms in total. The molecule has 0 atom stereocenters. The molecule has 136 valence electrons. The number of para-hydroxylation sites is 1. The lowest BCUT2D eigenvalue weighted by molar-refractivity contribution is -0.108. The van der Waals surface area contributed by atoms with E-state index in [4.69, 9.17) is 30.5 Å². The third-order valence-electron chi connectivity index (χ3n) is 2.93. The molecule has 1 N–H and O–H groups in total. The first-order valence-corrected chi connectivity index (χ1v) is 8.45. The summed E-state index contributed by atoms with van der Waals surface area (Å²) in [5.74, 6) is 0. The third kappa shape index (κ3) is 11.4. The van der Waals surface area contributed by atoms with Gasteiger partial charge < -0.3 is 29.1 Å². The van der Waals surface area contributed by atoms with E-state index in [0.29, 0.717) is 70.8 Å². The van der Waals surface area contributed by atoms with E-state index in [-0.39, 0.29) is 0 Å². The van der Waals surface area contributed by atoms with Crippen LogP contribution >= 0.6 is 11.6 Å². The Kier molecular flexibility index (Phi) is 13.3. The van der Waals surface area contributed by atoms with Crippen LogP contribution in [0.25, 0.3) is 0 Å². The van der Waals surface area contributed by atoms with Crippen LogP contribution in [0, 0.1) is 0 Å². The highest BCUT2D eigenvalue weighted by Crippen LogP contribution is 2.19. The molecule has 1 rings (SSSR count). The fourth-order valence-electron chi connectivity index (χ4n) is 1.76. The average Bonchev–Trinajstić information content (AvgIpc) is 2.60. The number of hydrogen-bond donors (Lipinski definition) is 1. The van der Waals surface area contributed by atoms with E-state index in [1.807, 2.05) is 24.3 Å². The molecule has 1 aromatic carbocycles. The van der Waals surface area contributed by atoms with Gasteiger partial charge in [-0.1, -0.05) is 23.7 Å². The third-order valence-corrected chi connectivity index (χ3v) is 3.26. The monoisotopic (exact) mass is 359 g/mol. The maximum absolute atomic E-state index is 10.1. The molecule has 7 heteroatoms. The molecule has 0 aliphatic heterocycles.